The van der Waals surface area contributed by atoms with E-state index >= 15 is 0 Å². The third-order valence-corrected chi connectivity index (χ3v) is 5.28. The Kier molecular flexibility index (Phi) is 8.39. The number of aryl methyl sites for hydroxylation is 2. The van der Waals surface area contributed by atoms with Gasteiger partial charge in [-0.15, -0.1) is 0 Å². The number of piperazine rings is 1. The highest BCUT2D eigenvalue weighted by Crippen LogP contribution is 2.17. The highest BCUT2D eigenvalue weighted by atomic mass is 16.5. The normalized spacial score (nSPS) is 15.1. The molecule has 0 saturated carbocycles. The van der Waals surface area contributed by atoms with E-state index in [4.69, 9.17) is 9.26 Å². The average molecular weight is 415 g/mol. The molecule has 0 bridgehead atoms. The zero-order valence-electron chi connectivity index (χ0n) is 18.5. The first-order valence-electron chi connectivity index (χ1n) is 11.0. The number of rotatable bonds is 10. The van der Waals surface area contributed by atoms with Crippen molar-refractivity contribution in [2.45, 2.75) is 40.0 Å². The van der Waals surface area contributed by atoms with Gasteiger partial charge >= 0.3 is 0 Å². The second-order valence-corrected chi connectivity index (χ2v) is 8.42. The van der Waals surface area contributed by atoms with E-state index in [1.807, 2.05) is 17.0 Å². The van der Waals surface area contributed by atoms with Gasteiger partial charge in [-0.3, -0.25) is 9.69 Å². The Morgan fingerprint density at radius 1 is 1.17 bits per heavy atom. The third-order valence-electron chi connectivity index (χ3n) is 5.28. The van der Waals surface area contributed by atoms with E-state index < -0.39 is 0 Å². The minimum absolute atomic E-state index is 0.202. The molecule has 7 nitrogen and oxygen atoms in total. The lowest BCUT2D eigenvalue weighted by molar-refractivity contribution is -0.134. The fourth-order valence-corrected chi connectivity index (χ4v) is 3.49. The molecular weight excluding hydrogens is 380 g/mol. The van der Waals surface area contributed by atoms with Crippen LogP contribution in [0.4, 0.5) is 0 Å². The summed E-state index contributed by atoms with van der Waals surface area (Å²) in [6.45, 7) is 11.9. The average Bonchev–Trinajstić information content (AvgIpc) is 3.21. The first-order valence-corrected chi connectivity index (χ1v) is 11.0. The Morgan fingerprint density at radius 2 is 1.90 bits per heavy atom. The summed E-state index contributed by atoms with van der Waals surface area (Å²) in [7, 11) is 0. The fraction of sp³-hybridized carbons (Fsp3) is 0.609. The molecule has 0 unspecified atom stereocenters. The summed E-state index contributed by atoms with van der Waals surface area (Å²) in [6.07, 6.45) is 2.21. The van der Waals surface area contributed by atoms with E-state index in [2.05, 4.69) is 47.9 Å². The number of hydrogen-bond donors (Lipinski definition) is 0. The number of aromatic nitrogens is 2. The van der Waals surface area contributed by atoms with Crippen molar-refractivity contribution in [3.63, 3.8) is 0 Å². The molecule has 1 fully saturated rings. The first kappa shape index (κ1) is 22.4. The van der Waals surface area contributed by atoms with Gasteiger partial charge in [0.25, 0.3) is 0 Å². The van der Waals surface area contributed by atoms with Crippen molar-refractivity contribution in [2.75, 3.05) is 45.9 Å². The topological polar surface area (TPSA) is 71.7 Å². The van der Waals surface area contributed by atoms with Crippen LogP contribution in [-0.4, -0.2) is 71.8 Å². The summed E-state index contributed by atoms with van der Waals surface area (Å²) < 4.78 is 10.9. The molecule has 1 aliphatic heterocycles. The van der Waals surface area contributed by atoms with E-state index in [0.717, 1.165) is 51.1 Å². The van der Waals surface area contributed by atoms with Gasteiger partial charge in [0.05, 0.1) is 13.0 Å². The Bertz CT molecular complexity index is 780. The zero-order chi connectivity index (χ0) is 21.3. The minimum Gasteiger partial charge on any atom is -0.381 e. The largest absolute Gasteiger partial charge is 0.381 e. The predicted octanol–water partition coefficient (Wildman–Crippen LogP) is 3.18. The van der Waals surface area contributed by atoms with Crippen LogP contribution in [0.3, 0.4) is 0 Å². The van der Waals surface area contributed by atoms with Gasteiger partial charge in [0.15, 0.2) is 0 Å². The summed E-state index contributed by atoms with van der Waals surface area (Å²) in [5.74, 6) is 2.04. The SMILES string of the molecule is Cc1ccc(-c2noc(CCCN3CCN(C(=O)CCOCC(C)C)CC3)n2)cc1. The van der Waals surface area contributed by atoms with Crippen molar-refractivity contribution in [2.24, 2.45) is 5.92 Å². The van der Waals surface area contributed by atoms with Crippen molar-refractivity contribution in [3.8, 4) is 11.4 Å². The molecule has 1 aromatic heterocycles. The number of benzene rings is 1. The van der Waals surface area contributed by atoms with Crippen LogP contribution < -0.4 is 0 Å². The minimum atomic E-state index is 0.202. The molecule has 30 heavy (non-hydrogen) atoms. The number of carbonyl (C=O) groups excluding carboxylic acids is 1. The maximum absolute atomic E-state index is 12.3. The van der Waals surface area contributed by atoms with Crippen molar-refractivity contribution in [3.05, 3.63) is 35.7 Å². The van der Waals surface area contributed by atoms with E-state index in [1.165, 1.54) is 5.56 Å². The number of nitrogens with zero attached hydrogens (tertiary/aromatic N) is 4. The summed E-state index contributed by atoms with van der Waals surface area (Å²) in [6, 6.07) is 8.13. The van der Waals surface area contributed by atoms with Crippen LogP contribution in [0.2, 0.25) is 0 Å². The molecule has 1 saturated heterocycles. The number of amides is 1. The number of hydrogen-bond acceptors (Lipinski definition) is 6. The number of ether oxygens (including phenoxy) is 1. The third kappa shape index (κ3) is 6.92. The second-order valence-electron chi connectivity index (χ2n) is 8.42. The molecule has 7 heteroatoms. The molecule has 1 aliphatic rings. The molecule has 1 amide bonds. The summed E-state index contributed by atoms with van der Waals surface area (Å²) >= 11 is 0. The lowest BCUT2D eigenvalue weighted by Gasteiger charge is -2.34. The van der Waals surface area contributed by atoms with Gasteiger partial charge in [-0.05, 0) is 25.8 Å². The van der Waals surface area contributed by atoms with Gasteiger partial charge in [-0.1, -0.05) is 48.8 Å². The summed E-state index contributed by atoms with van der Waals surface area (Å²) in [5, 5.41) is 4.10. The molecule has 0 aliphatic carbocycles. The molecule has 0 atom stereocenters. The van der Waals surface area contributed by atoms with Crippen molar-refractivity contribution in [1.29, 1.82) is 0 Å². The lowest BCUT2D eigenvalue weighted by atomic mass is 10.1. The molecule has 3 rings (SSSR count). The molecule has 1 aromatic carbocycles. The van der Waals surface area contributed by atoms with E-state index in [-0.39, 0.29) is 5.91 Å². The maximum Gasteiger partial charge on any atom is 0.227 e. The Hall–Kier alpha value is -2.25. The monoisotopic (exact) mass is 414 g/mol. The van der Waals surface area contributed by atoms with Gasteiger partial charge in [-0.2, -0.15) is 4.98 Å². The predicted molar refractivity (Wildman–Crippen MR) is 116 cm³/mol. The van der Waals surface area contributed by atoms with Crippen LogP contribution in [-0.2, 0) is 16.0 Å². The lowest BCUT2D eigenvalue weighted by Crippen LogP contribution is -2.49. The molecular formula is C23H34N4O3. The molecule has 2 aromatic rings. The maximum atomic E-state index is 12.3. The van der Waals surface area contributed by atoms with Crippen molar-refractivity contribution < 1.29 is 14.1 Å². The van der Waals surface area contributed by atoms with E-state index in [1.54, 1.807) is 0 Å². The summed E-state index contributed by atoms with van der Waals surface area (Å²) in [5.41, 5.74) is 2.19. The van der Waals surface area contributed by atoms with Gasteiger partial charge in [0.2, 0.25) is 17.6 Å². The first-order chi connectivity index (χ1) is 14.5. The van der Waals surface area contributed by atoms with Gasteiger partial charge in [0.1, 0.15) is 0 Å². The van der Waals surface area contributed by atoms with Crippen molar-refractivity contribution in [1.82, 2.24) is 19.9 Å². The highest BCUT2D eigenvalue weighted by molar-refractivity contribution is 5.76. The molecule has 0 radical (unpaired) electrons. The quantitative estimate of drug-likeness (QED) is 0.556. The van der Waals surface area contributed by atoms with E-state index in [9.17, 15) is 4.79 Å². The molecule has 0 spiro atoms. The molecule has 2 heterocycles. The van der Waals surface area contributed by atoms with Crippen LogP contribution in [0.25, 0.3) is 11.4 Å². The van der Waals surface area contributed by atoms with Crippen LogP contribution in [0, 0.1) is 12.8 Å². The van der Waals surface area contributed by atoms with Crippen LogP contribution in [0.15, 0.2) is 28.8 Å². The Morgan fingerprint density at radius 3 is 2.60 bits per heavy atom. The highest BCUT2D eigenvalue weighted by Gasteiger charge is 2.20. The Labute approximate surface area is 179 Å². The van der Waals surface area contributed by atoms with Crippen LogP contribution in [0.1, 0.15) is 38.1 Å². The van der Waals surface area contributed by atoms with Gasteiger partial charge in [0, 0.05) is 44.8 Å². The molecule has 164 valence electrons. The smallest absolute Gasteiger partial charge is 0.227 e. The Balaban J connectivity index is 1.32. The van der Waals surface area contributed by atoms with Crippen molar-refractivity contribution >= 4 is 5.91 Å². The number of carbonyl (C=O) groups is 1. The second kappa shape index (κ2) is 11.2. The van der Waals surface area contributed by atoms with Crippen LogP contribution in [0.5, 0.6) is 0 Å². The van der Waals surface area contributed by atoms with Gasteiger partial charge < -0.3 is 14.2 Å². The molecule has 0 N–H and O–H groups in total. The fourth-order valence-electron chi connectivity index (χ4n) is 3.49. The summed E-state index contributed by atoms with van der Waals surface area (Å²) in [4.78, 5) is 21.2. The van der Waals surface area contributed by atoms with Gasteiger partial charge in [-0.25, -0.2) is 0 Å². The standard InChI is InChI=1S/C23H34N4O3/c1-18(2)17-29-16-10-22(28)27-14-12-26(13-15-27)11-4-5-21-24-23(25-30-21)20-8-6-19(3)7-9-20/h6-9,18H,4-5,10-17H2,1-3H3. The van der Waals surface area contributed by atoms with E-state index in [0.29, 0.717) is 37.3 Å². The zero-order valence-corrected chi connectivity index (χ0v) is 18.5. The van der Waals surface area contributed by atoms with Crippen LogP contribution >= 0.6 is 0 Å².